The van der Waals surface area contributed by atoms with Crippen LogP contribution in [0.25, 0.3) is 22.4 Å². The second-order valence-corrected chi connectivity index (χ2v) is 8.15. The Bertz CT molecular complexity index is 1450. The average Bonchev–Trinajstić information content (AvgIpc) is 2.90. The van der Waals surface area contributed by atoms with Crippen molar-refractivity contribution in [3.05, 3.63) is 127 Å². The molecule has 2 N–H and O–H groups in total. The second kappa shape index (κ2) is 10.0. The molecule has 0 aliphatic carbocycles. The molecule has 0 saturated heterocycles. The third kappa shape index (κ3) is 5.42. The van der Waals surface area contributed by atoms with Crippen LogP contribution in [-0.4, -0.2) is 15.9 Å². The summed E-state index contributed by atoms with van der Waals surface area (Å²) >= 11 is 0. The number of hydrogen-bond acceptors (Lipinski definition) is 4. The van der Waals surface area contributed by atoms with Gasteiger partial charge in [-0.15, -0.1) is 0 Å². The fraction of sp³-hybridized carbons (Fsp3) is 0.0333. The summed E-state index contributed by atoms with van der Waals surface area (Å²) in [6, 6.07) is 37.2. The van der Waals surface area contributed by atoms with Gasteiger partial charge in [-0.05, 0) is 48.4 Å². The summed E-state index contributed by atoms with van der Waals surface area (Å²) < 4.78 is 0. The molecule has 0 atom stereocenters. The average molecular weight is 457 g/mol. The largest absolute Gasteiger partial charge is 0.340 e. The molecule has 5 rings (SSSR count). The van der Waals surface area contributed by atoms with Crippen LogP contribution in [0.3, 0.4) is 0 Å². The van der Waals surface area contributed by atoms with Crippen molar-refractivity contribution in [1.82, 2.24) is 9.97 Å². The minimum absolute atomic E-state index is 0.161. The topological polar surface area (TPSA) is 66.9 Å². The molecule has 170 valence electrons. The zero-order valence-corrected chi connectivity index (χ0v) is 19.3. The van der Waals surface area contributed by atoms with Gasteiger partial charge in [-0.1, -0.05) is 78.9 Å². The molecule has 5 heteroatoms. The minimum Gasteiger partial charge on any atom is -0.340 e. The van der Waals surface area contributed by atoms with E-state index in [0.717, 1.165) is 28.1 Å². The molecule has 0 bridgehead atoms. The molecule has 1 aromatic heterocycles. The van der Waals surface area contributed by atoms with E-state index < -0.39 is 0 Å². The highest BCUT2D eigenvalue weighted by atomic mass is 16.1. The summed E-state index contributed by atoms with van der Waals surface area (Å²) in [5.74, 6) is 1.21. The van der Waals surface area contributed by atoms with Crippen LogP contribution in [0.15, 0.2) is 115 Å². The Morgan fingerprint density at radius 1 is 0.629 bits per heavy atom. The Labute approximate surface area is 204 Å². The van der Waals surface area contributed by atoms with E-state index in [4.69, 9.17) is 0 Å². The van der Waals surface area contributed by atoms with Crippen molar-refractivity contribution >= 4 is 23.1 Å². The maximum Gasteiger partial charge on any atom is 0.255 e. The van der Waals surface area contributed by atoms with Gasteiger partial charge in [-0.2, -0.15) is 0 Å². The zero-order valence-electron chi connectivity index (χ0n) is 19.3. The number of carbonyl (C=O) groups is 1. The lowest BCUT2D eigenvalue weighted by Gasteiger charge is -2.11. The third-order valence-corrected chi connectivity index (χ3v) is 5.55. The van der Waals surface area contributed by atoms with Crippen LogP contribution in [0.5, 0.6) is 0 Å². The number of benzene rings is 4. The van der Waals surface area contributed by atoms with E-state index in [1.807, 2.05) is 110 Å². The maximum absolute atomic E-state index is 12.8. The third-order valence-electron chi connectivity index (χ3n) is 5.55. The summed E-state index contributed by atoms with van der Waals surface area (Å²) in [6.45, 7) is 1.87. The molecule has 5 aromatic rings. The molecule has 0 radical (unpaired) electrons. The Balaban J connectivity index is 1.30. The SMILES string of the molecule is Cc1nc(Nc2cccc(NC(=O)c3ccc(-c4ccccc4)cc3)c2)cc(-c2ccccc2)n1. The summed E-state index contributed by atoms with van der Waals surface area (Å²) in [4.78, 5) is 21.9. The highest BCUT2D eigenvalue weighted by Gasteiger charge is 2.09. The van der Waals surface area contributed by atoms with Gasteiger partial charge in [0, 0.05) is 28.6 Å². The molecule has 0 unspecified atom stereocenters. The Morgan fingerprint density at radius 3 is 1.97 bits per heavy atom. The predicted molar refractivity (Wildman–Crippen MR) is 142 cm³/mol. The normalized spacial score (nSPS) is 10.5. The summed E-state index contributed by atoms with van der Waals surface area (Å²) in [7, 11) is 0. The van der Waals surface area contributed by atoms with E-state index in [-0.39, 0.29) is 5.91 Å². The molecule has 35 heavy (non-hydrogen) atoms. The number of aryl methyl sites for hydroxylation is 1. The van der Waals surface area contributed by atoms with Crippen molar-refractivity contribution in [3.63, 3.8) is 0 Å². The molecular weight excluding hydrogens is 432 g/mol. The smallest absolute Gasteiger partial charge is 0.255 e. The number of nitrogens with one attached hydrogen (secondary N) is 2. The summed E-state index contributed by atoms with van der Waals surface area (Å²) in [5.41, 5.74) is 6.18. The number of hydrogen-bond donors (Lipinski definition) is 2. The van der Waals surface area contributed by atoms with Crippen LogP contribution in [-0.2, 0) is 0 Å². The van der Waals surface area contributed by atoms with Crippen LogP contribution in [0.2, 0.25) is 0 Å². The molecule has 1 amide bonds. The van der Waals surface area contributed by atoms with Crippen molar-refractivity contribution < 1.29 is 4.79 Å². The van der Waals surface area contributed by atoms with Crippen LogP contribution in [0.4, 0.5) is 17.2 Å². The number of anilines is 3. The van der Waals surface area contributed by atoms with Gasteiger partial charge in [0.2, 0.25) is 0 Å². The Morgan fingerprint density at radius 2 is 1.26 bits per heavy atom. The maximum atomic E-state index is 12.8. The second-order valence-electron chi connectivity index (χ2n) is 8.15. The first-order valence-electron chi connectivity index (χ1n) is 11.4. The van der Waals surface area contributed by atoms with Crippen molar-refractivity contribution in [3.8, 4) is 22.4 Å². The van der Waals surface area contributed by atoms with E-state index in [9.17, 15) is 4.79 Å². The van der Waals surface area contributed by atoms with Gasteiger partial charge in [0.25, 0.3) is 5.91 Å². The lowest BCUT2D eigenvalue weighted by Crippen LogP contribution is -2.11. The summed E-state index contributed by atoms with van der Waals surface area (Å²) in [6.07, 6.45) is 0. The van der Waals surface area contributed by atoms with E-state index in [2.05, 4.69) is 32.7 Å². The van der Waals surface area contributed by atoms with E-state index in [0.29, 0.717) is 22.9 Å². The number of nitrogens with zero attached hydrogens (tertiary/aromatic N) is 2. The highest BCUT2D eigenvalue weighted by molar-refractivity contribution is 6.04. The van der Waals surface area contributed by atoms with Crippen molar-refractivity contribution in [1.29, 1.82) is 0 Å². The minimum atomic E-state index is -0.161. The van der Waals surface area contributed by atoms with Crippen LogP contribution in [0, 0.1) is 6.92 Å². The number of amides is 1. The van der Waals surface area contributed by atoms with Crippen LogP contribution in [0.1, 0.15) is 16.2 Å². The van der Waals surface area contributed by atoms with E-state index >= 15 is 0 Å². The molecule has 0 saturated carbocycles. The molecule has 0 aliphatic heterocycles. The summed E-state index contributed by atoms with van der Waals surface area (Å²) in [5, 5.41) is 6.31. The van der Waals surface area contributed by atoms with Gasteiger partial charge >= 0.3 is 0 Å². The first-order valence-corrected chi connectivity index (χ1v) is 11.4. The fourth-order valence-corrected chi connectivity index (χ4v) is 3.86. The van der Waals surface area contributed by atoms with Crippen LogP contribution >= 0.6 is 0 Å². The molecule has 1 heterocycles. The quantitative estimate of drug-likeness (QED) is 0.286. The van der Waals surface area contributed by atoms with Crippen molar-refractivity contribution in [2.24, 2.45) is 0 Å². The monoisotopic (exact) mass is 456 g/mol. The standard InChI is InChI=1S/C30H24N4O/c1-21-31-28(24-11-6-3-7-12-24)20-29(32-21)33-26-13-8-14-27(19-26)34-30(35)25-17-15-23(16-18-25)22-9-4-2-5-10-22/h2-20H,1H3,(H,34,35)(H,31,32,33). The zero-order chi connectivity index (χ0) is 24.0. The van der Waals surface area contributed by atoms with Crippen molar-refractivity contribution in [2.45, 2.75) is 6.92 Å². The first kappa shape index (κ1) is 22.0. The Kier molecular flexibility index (Phi) is 6.31. The molecule has 0 fully saturated rings. The molecule has 5 nitrogen and oxygen atoms in total. The van der Waals surface area contributed by atoms with Gasteiger partial charge in [-0.25, -0.2) is 9.97 Å². The number of carbonyl (C=O) groups excluding carboxylic acids is 1. The van der Waals surface area contributed by atoms with E-state index in [1.54, 1.807) is 0 Å². The first-order chi connectivity index (χ1) is 17.1. The molecular formula is C30H24N4O. The molecule has 4 aromatic carbocycles. The van der Waals surface area contributed by atoms with Gasteiger partial charge in [0.1, 0.15) is 11.6 Å². The lowest BCUT2D eigenvalue weighted by atomic mass is 10.0. The van der Waals surface area contributed by atoms with Gasteiger partial charge in [0.05, 0.1) is 5.69 Å². The van der Waals surface area contributed by atoms with Crippen LogP contribution < -0.4 is 10.6 Å². The number of rotatable bonds is 6. The number of aromatic nitrogens is 2. The predicted octanol–water partition coefficient (Wildman–Crippen LogP) is 7.11. The van der Waals surface area contributed by atoms with E-state index in [1.165, 1.54) is 0 Å². The lowest BCUT2D eigenvalue weighted by molar-refractivity contribution is 0.102. The van der Waals surface area contributed by atoms with Gasteiger partial charge in [-0.3, -0.25) is 4.79 Å². The Hall–Kier alpha value is -4.77. The highest BCUT2D eigenvalue weighted by Crippen LogP contribution is 2.24. The van der Waals surface area contributed by atoms with Gasteiger partial charge in [0.15, 0.2) is 0 Å². The molecule has 0 spiro atoms. The van der Waals surface area contributed by atoms with Gasteiger partial charge < -0.3 is 10.6 Å². The van der Waals surface area contributed by atoms with Crippen molar-refractivity contribution in [2.75, 3.05) is 10.6 Å². The fourth-order valence-electron chi connectivity index (χ4n) is 3.86. The molecule has 0 aliphatic rings.